The molecule has 5 nitrogen and oxygen atoms in total. The van der Waals surface area contributed by atoms with Crippen molar-refractivity contribution < 1.29 is 4.74 Å². The van der Waals surface area contributed by atoms with Gasteiger partial charge in [0, 0.05) is 18.0 Å². The van der Waals surface area contributed by atoms with Crippen LogP contribution in [-0.2, 0) is 6.54 Å². The smallest absolute Gasteiger partial charge is 0.276 e. The number of aromatic nitrogens is 3. The number of ether oxygens (including phenoxy) is 1. The Kier molecular flexibility index (Phi) is 4.28. The molecule has 136 valence electrons. The van der Waals surface area contributed by atoms with Crippen molar-refractivity contribution in [1.82, 2.24) is 14.2 Å². The zero-order valence-electron chi connectivity index (χ0n) is 15.6. The van der Waals surface area contributed by atoms with E-state index in [9.17, 15) is 4.79 Å². The maximum absolute atomic E-state index is 13.0. The molecule has 0 aliphatic carbocycles. The van der Waals surface area contributed by atoms with E-state index in [1.165, 1.54) is 11.1 Å². The number of hydrogen-bond acceptors (Lipinski definition) is 3. The normalized spacial score (nSPS) is 11.1. The van der Waals surface area contributed by atoms with E-state index < -0.39 is 0 Å². The second kappa shape index (κ2) is 6.76. The van der Waals surface area contributed by atoms with Crippen molar-refractivity contribution in [2.75, 3.05) is 7.11 Å². The Morgan fingerprint density at radius 3 is 2.52 bits per heavy atom. The lowest BCUT2D eigenvalue weighted by Gasteiger charge is -2.10. The summed E-state index contributed by atoms with van der Waals surface area (Å²) < 4.78 is 8.57. The van der Waals surface area contributed by atoms with Crippen LogP contribution in [0.3, 0.4) is 0 Å². The van der Waals surface area contributed by atoms with E-state index >= 15 is 0 Å². The summed E-state index contributed by atoms with van der Waals surface area (Å²) in [5, 5.41) is 4.54. The lowest BCUT2D eigenvalue weighted by atomic mass is 10.1. The molecule has 0 radical (unpaired) electrons. The van der Waals surface area contributed by atoms with Gasteiger partial charge in [-0.1, -0.05) is 23.8 Å². The third-order valence-electron chi connectivity index (χ3n) is 4.83. The van der Waals surface area contributed by atoms with Crippen LogP contribution in [0.4, 0.5) is 0 Å². The topological polar surface area (TPSA) is 48.5 Å². The molecular weight excluding hydrogens is 338 g/mol. The van der Waals surface area contributed by atoms with Gasteiger partial charge in [-0.15, -0.1) is 0 Å². The highest BCUT2D eigenvalue weighted by molar-refractivity contribution is 5.66. The van der Waals surface area contributed by atoms with Crippen LogP contribution in [0.2, 0.25) is 0 Å². The summed E-state index contributed by atoms with van der Waals surface area (Å²) in [6, 6.07) is 15.8. The van der Waals surface area contributed by atoms with E-state index in [-0.39, 0.29) is 5.56 Å². The minimum Gasteiger partial charge on any atom is -0.497 e. The molecule has 4 aromatic rings. The van der Waals surface area contributed by atoms with Crippen molar-refractivity contribution in [1.29, 1.82) is 0 Å². The van der Waals surface area contributed by atoms with Crippen LogP contribution in [0.25, 0.3) is 16.8 Å². The fourth-order valence-electron chi connectivity index (χ4n) is 3.21. The van der Waals surface area contributed by atoms with Gasteiger partial charge >= 0.3 is 0 Å². The molecule has 0 unspecified atom stereocenters. The molecule has 0 N–H and O–H groups in total. The molecule has 2 heterocycles. The van der Waals surface area contributed by atoms with Gasteiger partial charge in [0.2, 0.25) is 0 Å². The lowest BCUT2D eigenvalue weighted by Crippen LogP contribution is -2.22. The number of rotatable bonds is 4. The first-order valence-corrected chi connectivity index (χ1v) is 8.84. The molecular formula is C22H21N3O2. The Bertz CT molecular complexity index is 1170. The van der Waals surface area contributed by atoms with Gasteiger partial charge in [-0.2, -0.15) is 5.10 Å². The molecule has 0 saturated heterocycles. The van der Waals surface area contributed by atoms with Gasteiger partial charge < -0.3 is 9.30 Å². The third kappa shape index (κ3) is 3.24. The van der Waals surface area contributed by atoms with Crippen LogP contribution in [0.15, 0.2) is 65.7 Å². The minimum atomic E-state index is -0.0503. The van der Waals surface area contributed by atoms with Gasteiger partial charge in [0.05, 0.1) is 19.3 Å². The first-order chi connectivity index (χ1) is 13.0. The molecule has 0 atom stereocenters. The van der Waals surface area contributed by atoms with Gasteiger partial charge in [0.15, 0.2) is 0 Å². The summed E-state index contributed by atoms with van der Waals surface area (Å²) in [4.78, 5) is 13.0. The van der Waals surface area contributed by atoms with Crippen molar-refractivity contribution >= 4 is 5.52 Å². The number of aryl methyl sites for hydroxylation is 2. The van der Waals surface area contributed by atoms with Gasteiger partial charge in [-0.3, -0.25) is 4.79 Å². The summed E-state index contributed by atoms with van der Waals surface area (Å²) in [6.45, 7) is 4.68. The zero-order valence-corrected chi connectivity index (χ0v) is 15.6. The largest absolute Gasteiger partial charge is 0.497 e. The van der Waals surface area contributed by atoms with E-state index in [0.717, 1.165) is 22.6 Å². The van der Waals surface area contributed by atoms with Gasteiger partial charge in [0.1, 0.15) is 11.3 Å². The number of fused-ring (bicyclic) bond motifs is 1. The molecule has 0 aliphatic heterocycles. The molecule has 2 aromatic carbocycles. The predicted molar refractivity (Wildman–Crippen MR) is 106 cm³/mol. The van der Waals surface area contributed by atoms with Crippen LogP contribution in [0.5, 0.6) is 5.75 Å². The van der Waals surface area contributed by atoms with Crippen molar-refractivity contribution in [3.8, 4) is 17.0 Å². The van der Waals surface area contributed by atoms with Gasteiger partial charge in [0.25, 0.3) is 5.56 Å². The van der Waals surface area contributed by atoms with Gasteiger partial charge in [-0.05, 0) is 55.3 Å². The van der Waals surface area contributed by atoms with Crippen LogP contribution >= 0.6 is 0 Å². The summed E-state index contributed by atoms with van der Waals surface area (Å²) in [7, 11) is 1.64. The van der Waals surface area contributed by atoms with Crippen LogP contribution in [0.1, 0.15) is 16.7 Å². The maximum Gasteiger partial charge on any atom is 0.276 e. The predicted octanol–water partition coefficient (Wildman–Crippen LogP) is 3.84. The molecule has 2 aromatic heterocycles. The monoisotopic (exact) mass is 359 g/mol. The highest BCUT2D eigenvalue weighted by Crippen LogP contribution is 2.21. The third-order valence-corrected chi connectivity index (χ3v) is 4.83. The molecule has 0 amide bonds. The molecule has 5 heteroatoms. The molecule has 0 spiro atoms. The number of nitrogens with zero attached hydrogens (tertiary/aromatic N) is 3. The first kappa shape index (κ1) is 17.1. The van der Waals surface area contributed by atoms with E-state index in [0.29, 0.717) is 12.1 Å². The second-order valence-electron chi connectivity index (χ2n) is 6.75. The van der Waals surface area contributed by atoms with E-state index in [4.69, 9.17) is 4.74 Å². The SMILES string of the molecule is COc1ccc(-c2cc3c(=O)n(Cc4cc(C)ccc4C)ccn3n2)cc1. The van der Waals surface area contributed by atoms with Crippen LogP contribution in [0, 0.1) is 13.8 Å². The second-order valence-corrected chi connectivity index (χ2v) is 6.75. The standard InChI is InChI=1S/C22H21N3O2/c1-15-4-5-16(2)18(12-15)14-24-10-11-25-21(22(24)26)13-20(23-25)17-6-8-19(27-3)9-7-17/h4-13H,14H2,1-3H3. The lowest BCUT2D eigenvalue weighted by molar-refractivity contribution is 0.415. The molecule has 0 fully saturated rings. The Morgan fingerprint density at radius 1 is 1.00 bits per heavy atom. The average molecular weight is 359 g/mol. The van der Waals surface area contributed by atoms with E-state index in [1.54, 1.807) is 22.4 Å². The highest BCUT2D eigenvalue weighted by atomic mass is 16.5. The Hall–Kier alpha value is -3.34. The fraction of sp³-hybridized carbons (Fsp3) is 0.182. The maximum atomic E-state index is 13.0. The number of hydrogen-bond donors (Lipinski definition) is 0. The summed E-state index contributed by atoms with van der Waals surface area (Å²) in [6.07, 6.45) is 3.62. The summed E-state index contributed by atoms with van der Waals surface area (Å²) in [5.74, 6) is 0.790. The van der Waals surface area contributed by atoms with Crippen LogP contribution < -0.4 is 10.3 Å². The average Bonchev–Trinajstić information content (AvgIpc) is 3.12. The molecule has 0 saturated carbocycles. The summed E-state index contributed by atoms with van der Waals surface area (Å²) in [5.41, 5.74) is 5.74. The Labute approximate surface area is 157 Å². The molecule has 0 aliphatic rings. The Balaban J connectivity index is 1.73. The molecule has 27 heavy (non-hydrogen) atoms. The molecule has 4 rings (SSSR count). The zero-order chi connectivity index (χ0) is 19.0. The van der Waals surface area contributed by atoms with Crippen molar-refractivity contribution in [3.63, 3.8) is 0 Å². The van der Waals surface area contributed by atoms with E-state index in [2.05, 4.69) is 37.1 Å². The first-order valence-electron chi connectivity index (χ1n) is 8.84. The van der Waals surface area contributed by atoms with Crippen molar-refractivity contribution in [2.45, 2.75) is 20.4 Å². The van der Waals surface area contributed by atoms with E-state index in [1.807, 2.05) is 36.5 Å². The number of methoxy groups -OCH3 is 1. The van der Waals surface area contributed by atoms with Gasteiger partial charge in [-0.25, -0.2) is 4.52 Å². The Morgan fingerprint density at radius 2 is 1.78 bits per heavy atom. The molecule has 0 bridgehead atoms. The summed E-state index contributed by atoms with van der Waals surface area (Å²) >= 11 is 0. The number of benzene rings is 2. The van der Waals surface area contributed by atoms with Crippen LogP contribution in [-0.4, -0.2) is 21.3 Å². The van der Waals surface area contributed by atoms with Crippen molar-refractivity contribution in [3.05, 3.63) is 88.0 Å². The fourth-order valence-corrected chi connectivity index (χ4v) is 3.21. The highest BCUT2D eigenvalue weighted by Gasteiger charge is 2.10. The quantitative estimate of drug-likeness (QED) is 0.556. The minimum absolute atomic E-state index is 0.0503. The van der Waals surface area contributed by atoms with Crippen molar-refractivity contribution in [2.24, 2.45) is 0 Å².